The van der Waals surface area contributed by atoms with Gasteiger partial charge in [0.1, 0.15) is 5.69 Å². The van der Waals surface area contributed by atoms with Crippen LogP contribution in [-0.4, -0.2) is 15.3 Å². The summed E-state index contributed by atoms with van der Waals surface area (Å²) in [6.45, 7) is 6.94. The van der Waals surface area contributed by atoms with Crippen molar-refractivity contribution >= 4 is 5.78 Å². The number of hydrogen-bond donors (Lipinski definition) is 1. The van der Waals surface area contributed by atoms with E-state index in [2.05, 4.69) is 16.8 Å². The summed E-state index contributed by atoms with van der Waals surface area (Å²) in [6, 6.07) is 6.77. The average Bonchev–Trinajstić information content (AvgIpc) is 2.58. The van der Waals surface area contributed by atoms with E-state index in [0.29, 0.717) is 5.56 Å². The first kappa shape index (κ1) is 19.0. The smallest absolute Gasteiger partial charge is 0.287 e. The maximum absolute atomic E-state index is 13.2. The van der Waals surface area contributed by atoms with Crippen LogP contribution in [0.25, 0.3) is 0 Å². The molecule has 0 fully saturated rings. The first-order valence-electron chi connectivity index (χ1n) is 8.13. The van der Waals surface area contributed by atoms with Gasteiger partial charge in [-0.05, 0) is 43.5 Å². The monoisotopic (exact) mass is 349 g/mol. The molecule has 0 saturated carbocycles. The molecule has 1 aromatic carbocycles. The van der Waals surface area contributed by atoms with Crippen molar-refractivity contribution in [1.29, 1.82) is 5.26 Å². The van der Waals surface area contributed by atoms with E-state index in [9.17, 15) is 14.4 Å². The van der Waals surface area contributed by atoms with E-state index in [-0.39, 0.29) is 29.3 Å². The van der Waals surface area contributed by atoms with Crippen molar-refractivity contribution in [3.63, 3.8) is 0 Å². The van der Waals surface area contributed by atoms with Crippen molar-refractivity contribution in [3.05, 3.63) is 67.0 Å². The van der Waals surface area contributed by atoms with Gasteiger partial charge in [0.05, 0.1) is 18.2 Å². The lowest BCUT2D eigenvalue weighted by Gasteiger charge is -2.16. The quantitative estimate of drug-likeness (QED) is 0.675. The van der Waals surface area contributed by atoms with Gasteiger partial charge in [0, 0.05) is 11.1 Å². The maximum atomic E-state index is 13.2. The summed E-state index contributed by atoms with van der Waals surface area (Å²) in [4.78, 5) is 40.1. The van der Waals surface area contributed by atoms with Crippen LogP contribution >= 0.6 is 0 Å². The summed E-state index contributed by atoms with van der Waals surface area (Å²) in [5.41, 5.74) is 0.322. The zero-order valence-corrected chi connectivity index (χ0v) is 15.1. The Kier molecular flexibility index (Phi) is 5.59. The Hall–Kier alpha value is -3.38. The van der Waals surface area contributed by atoms with Gasteiger partial charge in [-0.3, -0.25) is 19.1 Å². The predicted molar refractivity (Wildman–Crippen MR) is 98.2 cm³/mol. The fourth-order valence-electron chi connectivity index (χ4n) is 2.79. The molecular formula is C20H19N3O3. The third-order valence-corrected chi connectivity index (χ3v) is 3.91. The molecule has 0 spiro atoms. The summed E-state index contributed by atoms with van der Waals surface area (Å²) in [6.07, 6.45) is 0. The van der Waals surface area contributed by atoms with Crippen molar-refractivity contribution in [1.82, 2.24) is 9.55 Å². The minimum absolute atomic E-state index is 0.0101. The number of aromatic nitrogens is 2. The first-order valence-corrected chi connectivity index (χ1v) is 8.13. The molecule has 6 nitrogen and oxygen atoms in total. The van der Waals surface area contributed by atoms with Crippen molar-refractivity contribution in [2.75, 3.05) is 0 Å². The fourth-order valence-corrected chi connectivity index (χ4v) is 2.79. The van der Waals surface area contributed by atoms with Crippen LogP contribution < -0.4 is 11.2 Å². The number of H-pyrrole nitrogens is 1. The summed E-state index contributed by atoms with van der Waals surface area (Å²) in [7, 11) is 0. The Balaban J connectivity index is 2.85. The van der Waals surface area contributed by atoms with Crippen LogP contribution in [0.15, 0.2) is 27.8 Å². The molecule has 0 saturated heterocycles. The van der Waals surface area contributed by atoms with Crippen LogP contribution in [0.4, 0.5) is 0 Å². The molecule has 132 valence electrons. The molecule has 2 rings (SSSR count). The molecule has 1 aromatic heterocycles. The number of ketones is 1. The molecular weight excluding hydrogens is 330 g/mol. The van der Waals surface area contributed by atoms with Crippen LogP contribution in [0.1, 0.15) is 59.4 Å². The van der Waals surface area contributed by atoms with E-state index < -0.39 is 17.0 Å². The topological polar surface area (TPSA) is 95.7 Å². The van der Waals surface area contributed by atoms with E-state index in [1.807, 2.05) is 6.07 Å². The van der Waals surface area contributed by atoms with Gasteiger partial charge in [-0.15, -0.1) is 5.92 Å². The summed E-state index contributed by atoms with van der Waals surface area (Å²) < 4.78 is 1.18. The largest absolute Gasteiger partial charge is 0.329 e. The molecule has 0 bridgehead atoms. The number of nitriles is 1. The van der Waals surface area contributed by atoms with Crippen molar-refractivity contribution in [2.24, 2.45) is 0 Å². The van der Waals surface area contributed by atoms with Crippen LogP contribution in [0.2, 0.25) is 0 Å². The molecule has 0 amide bonds. The zero-order chi connectivity index (χ0) is 19.4. The SMILES string of the molecule is CC#CCn1c(C(=O)c2cc(C)cc(C#N)c2)c(C(C)C)c(=O)[nH]c1=O. The Bertz CT molecular complexity index is 1090. The van der Waals surface area contributed by atoms with Gasteiger partial charge in [-0.1, -0.05) is 19.8 Å². The molecule has 1 heterocycles. The summed E-state index contributed by atoms with van der Waals surface area (Å²) in [5.74, 6) is 4.69. The van der Waals surface area contributed by atoms with Gasteiger partial charge in [-0.2, -0.15) is 5.26 Å². The van der Waals surface area contributed by atoms with E-state index >= 15 is 0 Å². The highest BCUT2D eigenvalue weighted by atomic mass is 16.2. The molecule has 1 N–H and O–H groups in total. The molecule has 0 aliphatic heterocycles. The second kappa shape index (κ2) is 7.67. The third kappa shape index (κ3) is 3.65. The summed E-state index contributed by atoms with van der Waals surface area (Å²) >= 11 is 0. The normalized spacial score (nSPS) is 10.2. The number of benzene rings is 1. The summed E-state index contributed by atoms with van der Waals surface area (Å²) in [5, 5.41) is 9.15. The highest BCUT2D eigenvalue weighted by Gasteiger charge is 2.24. The van der Waals surface area contributed by atoms with Crippen LogP contribution in [0, 0.1) is 30.1 Å². The lowest BCUT2D eigenvalue weighted by Crippen LogP contribution is -2.37. The highest BCUT2D eigenvalue weighted by molar-refractivity contribution is 6.09. The number of carbonyl (C=O) groups is 1. The van der Waals surface area contributed by atoms with Gasteiger partial charge in [0.25, 0.3) is 5.56 Å². The molecule has 2 aromatic rings. The number of nitrogens with zero attached hydrogens (tertiary/aromatic N) is 2. The maximum Gasteiger partial charge on any atom is 0.329 e. The standard InChI is InChI=1S/C20H19N3O3/c1-5-6-7-23-17(16(12(2)3)19(25)22-20(23)26)18(24)15-9-13(4)8-14(10-15)11-21/h8-10,12H,7H2,1-4H3,(H,22,25,26). The molecule has 0 aliphatic carbocycles. The van der Waals surface area contributed by atoms with E-state index in [0.717, 1.165) is 5.56 Å². The Morgan fingerprint density at radius 1 is 1.27 bits per heavy atom. The van der Waals surface area contributed by atoms with Gasteiger partial charge >= 0.3 is 5.69 Å². The van der Waals surface area contributed by atoms with E-state index in [4.69, 9.17) is 5.26 Å². The average molecular weight is 349 g/mol. The van der Waals surface area contributed by atoms with E-state index in [1.54, 1.807) is 39.8 Å². The number of aromatic amines is 1. The Morgan fingerprint density at radius 3 is 2.54 bits per heavy atom. The number of carbonyl (C=O) groups excluding carboxylic acids is 1. The van der Waals surface area contributed by atoms with Crippen molar-refractivity contribution in [3.8, 4) is 17.9 Å². The second-order valence-corrected chi connectivity index (χ2v) is 6.22. The molecule has 26 heavy (non-hydrogen) atoms. The van der Waals surface area contributed by atoms with Gasteiger partial charge in [-0.25, -0.2) is 4.79 Å². The minimum Gasteiger partial charge on any atom is -0.287 e. The lowest BCUT2D eigenvalue weighted by atomic mass is 9.95. The lowest BCUT2D eigenvalue weighted by molar-refractivity contribution is 0.102. The second-order valence-electron chi connectivity index (χ2n) is 6.22. The Labute approximate surface area is 151 Å². The molecule has 6 heteroatoms. The van der Waals surface area contributed by atoms with E-state index in [1.165, 1.54) is 10.6 Å². The first-order chi connectivity index (χ1) is 12.3. The molecule has 0 atom stereocenters. The molecule has 0 radical (unpaired) electrons. The van der Waals surface area contributed by atoms with Gasteiger partial charge in [0.15, 0.2) is 0 Å². The van der Waals surface area contributed by atoms with Crippen LogP contribution in [-0.2, 0) is 6.54 Å². The van der Waals surface area contributed by atoms with Gasteiger partial charge in [0.2, 0.25) is 5.78 Å². The number of rotatable bonds is 4. The Morgan fingerprint density at radius 2 is 1.96 bits per heavy atom. The van der Waals surface area contributed by atoms with Crippen molar-refractivity contribution in [2.45, 2.75) is 40.2 Å². The number of hydrogen-bond acceptors (Lipinski definition) is 4. The van der Waals surface area contributed by atoms with Crippen LogP contribution in [0.3, 0.4) is 0 Å². The van der Waals surface area contributed by atoms with Gasteiger partial charge < -0.3 is 0 Å². The van der Waals surface area contributed by atoms with Crippen LogP contribution in [0.5, 0.6) is 0 Å². The number of nitrogens with one attached hydrogen (secondary N) is 1. The zero-order valence-electron chi connectivity index (χ0n) is 15.1. The van der Waals surface area contributed by atoms with Crippen molar-refractivity contribution < 1.29 is 4.79 Å². The molecule has 0 unspecified atom stereocenters. The minimum atomic E-state index is -0.682. The molecule has 0 aliphatic rings. The fraction of sp³-hybridized carbons (Fsp3) is 0.300. The number of aryl methyl sites for hydroxylation is 1. The third-order valence-electron chi connectivity index (χ3n) is 3.91. The predicted octanol–water partition coefficient (Wildman–Crippen LogP) is 2.09. The highest BCUT2D eigenvalue weighted by Crippen LogP contribution is 2.19.